The number of carbonyl (C=O) groups is 1. The molecular weight excluding hydrogens is 150 g/mol. The summed E-state index contributed by atoms with van der Waals surface area (Å²) >= 11 is 0. The van der Waals surface area contributed by atoms with Crippen molar-refractivity contribution in [2.75, 3.05) is 6.61 Å². The molecule has 0 saturated carbocycles. The van der Waals surface area contributed by atoms with Gasteiger partial charge in [0.1, 0.15) is 6.10 Å². The summed E-state index contributed by atoms with van der Waals surface area (Å²) in [5, 5.41) is 26.2. The molecule has 0 unspecified atom stereocenters. The lowest BCUT2D eigenvalue weighted by atomic mass is 10.0. The van der Waals surface area contributed by atoms with Gasteiger partial charge in [-0.2, -0.15) is 0 Å². The Bertz CT molecular complexity index is 139. The quantitative estimate of drug-likeness (QED) is 0.370. The van der Waals surface area contributed by atoms with Gasteiger partial charge >= 0.3 is 0 Å². The van der Waals surface area contributed by atoms with Crippen LogP contribution in [0.15, 0.2) is 0 Å². The van der Waals surface area contributed by atoms with E-state index in [1.807, 2.05) is 0 Å². The second-order valence-electron chi connectivity index (χ2n) is 2.38. The number of nitrogens with two attached hydrogens (primary N) is 1. The fraction of sp³-hybridized carbons (Fsp3) is 0.833. The Hall–Kier alpha value is -0.490. The van der Waals surface area contributed by atoms with Crippen molar-refractivity contribution in [1.82, 2.24) is 0 Å². The minimum atomic E-state index is -1.41. The van der Waals surface area contributed by atoms with Gasteiger partial charge < -0.3 is 21.1 Å². The summed E-state index contributed by atoms with van der Waals surface area (Å²) in [6, 6.07) is -1.11. The van der Waals surface area contributed by atoms with E-state index in [1.54, 1.807) is 0 Å². The number of carbonyl (C=O) groups excluding carboxylic acids is 1. The van der Waals surface area contributed by atoms with Crippen molar-refractivity contribution < 1.29 is 20.1 Å². The number of rotatable bonds is 4. The maximum Gasteiger partial charge on any atom is 0.159 e. The van der Waals surface area contributed by atoms with E-state index in [4.69, 9.17) is 21.1 Å². The third-order valence-electron chi connectivity index (χ3n) is 1.41. The van der Waals surface area contributed by atoms with Gasteiger partial charge in [0.25, 0.3) is 0 Å². The summed E-state index contributed by atoms with van der Waals surface area (Å²) in [7, 11) is 0. The van der Waals surface area contributed by atoms with Crippen LogP contribution in [0.25, 0.3) is 0 Å². The standard InChI is InChI=1S/C6H13NO4/c1-3(9)6(11)5(7)4(10)2-8/h4-6,8,10-11H,2,7H2,1H3/t4-,5-,6+/m0/s1. The lowest BCUT2D eigenvalue weighted by Gasteiger charge is -2.19. The largest absolute Gasteiger partial charge is 0.394 e. The molecule has 0 saturated heterocycles. The van der Waals surface area contributed by atoms with Crippen LogP contribution in [0.1, 0.15) is 6.92 Å². The van der Waals surface area contributed by atoms with Gasteiger partial charge in [-0.05, 0) is 6.92 Å². The molecule has 0 aromatic carbocycles. The number of Topliss-reactive ketones (excluding diaryl/α,β-unsaturated/α-hetero) is 1. The first-order chi connectivity index (χ1) is 5.00. The molecule has 0 aromatic heterocycles. The van der Waals surface area contributed by atoms with E-state index in [-0.39, 0.29) is 0 Å². The van der Waals surface area contributed by atoms with E-state index >= 15 is 0 Å². The highest BCUT2D eigenvalue weighted by Gasteiger charge is 2.25. The number of aliphatic hydroxyl groups excluding tert-OH is 3. The van der Waals surface area contributed by atoms with Gasteiger partial charge in [-0.15, -0.1) is 0 Å². The van der Waals surface area contributed by atoms with Crippen molar-refractivity contribution in [1.29, 1.82) is 0 Å². The Labute approximate surface area is 64.4 Å². The average Bonchev–Trinajstić information content (AvgIpc) is 2.00. The van der Waals surface area contributed by atoms with Crippen LogP contribution in [0, 0.1) is 0 Å². The maximum atomic E-state index is 10.5. The molecule has 0 bridgehead atoms. The summed E-state index contributed by atoms with van der Waals surface area (Å²) in [5.74, 6) is -0.523. The smallest absolute Gasteiger partial charge is 0.159 e. The van der Waals surface area contributed by atoms with E-state index in [9.17, 15) is 4.79 Å². The van der Waals surface area contributed by atoms with Gasteiger partial charge in [-0.3, -0.25) is 4.79 Å². The number of hydrogen-bond acceptors (Lipinski definition) is 5. The van der Waals surface area contributed by atoms with Gasteiger partial charge in [0.05, 0.1) is 18.8 Å². The first kappa shape index (κ1) is 10.5. The summed E-state index contributed by atoms with van der Waals surface area (Å²) in [4.78, 5) is 10.5. The molecule has 0 fully saturated rings. The highest BCUT2D eigenvalue weighted by Crippen LogP contribution is 1.97. The predicted molar refractivity (Wildman–Crippen MR) is 37.8 cm³/mol. The fourth-order valence-corrected chi connectivity index (χ4v) is 0.603. The van der Waals surface area contributed by atoms with Crippen molar-refractivity contribution in [2.24, 2.45) is 5.73 Å². The first-order valence-electron chi connectivity index (χ1n) is 3.23. The van der Waals surface area contributed by atoms with Crippen LogP contribution in [-0.4, -0.2) is 46.0 Å². The van der Waals surface area contributed by atoms with Crippen molar-refractivity contribution in [3.63, 3.8) is 0 Å². The van der Waals surface area contributed by atoms with E-state index in [2.05, 4.69) is 0 Å². The van der Waals surface area contributed by atoms with Crippen LogP contribution in [0.5, 0.6) is 0 Å². The Morgan fingerprint density at radius 2 is 2.00 bits per heavy atom. The normalized spacial score (nSPS) is 19.0. The first-order valence-corrected chi connectivity index (χ1v) is 3.23. The van der Waals surface area contributed by atoms with Crippen molar-refractivity contribution in [2.45, 2.75) is 25.2 Å². The lowest BCUT2D eigenvalue weighted by Crippen LogP contribution is -2.49. The second-order valence-corrected chi connectivity index (χ2v) is 2.38. The highest BCUT2D eigenvalue weighted by molar-refractivity contribution is 5.80. The molecule has 0 aliphatic heterocycles. The van der Waals surface area contributed by atoms with Crippen LogP contribution in [0.2, 0.25) is 0 Å². The Morgan fingerprint density at radius 1 is 1.55 bits per heavy atom. The van der Waals surface area contributed by atoms with E-state index in [0.717, 1.165) is 6.92 Å². The molecule has 0 aromatic rings. The number of hydrogen-bond donors (Lipinski definition) is 4. The molecule has 5 heteroatoms. The van der Waals surface area contributed by atoms with Crippen molar-refractivity contribution in [3.8, 4) is 0 Å². The van der Waals surface area contributed by atoms with Gasteiger partial charge in [0.15, 0.2) is 5.78 Å². The summed E-state index contributed by atoms with van der Waals surface area (Å²) in [6.07, 6.45) is -2.66. The number of ketones is 1. The zero-order valence-electron chi connectivity index (χ0n) is 6.27. The monoisotopic (exact) mass is 163 g/mol. The molecule has 5 nitrogen and oxygen atoms in total. The topological polar surface area (TPSA) is 104 Å². The predicted octanol–water partition coefficient (Wildman–Crippen LogP) is -2.38. The molecule has 0 aliphatic carbocycles. The van der Waals surface area contributed by atoms with Crippen LogP contribution >= 0.6 is 0 Å². The average molecular weight is 163 g/mol. The molecule has 66 valence electrons. The Balaban J connectivity index is 4.00. The number of aliphatic hydroxyl groups is 3. The zero-order chi connectivity index (χ0) is 9.02. The van der Waals surface area contributed by atoms with Crippen LogP contribution in [0.4, 0.5) is 0 Å². The van der Waals surface area contributed by atoms with Gasteiger partial charge in [-0.1, -0.05) is 0 Å². The molecule has 0 aliphatic rings. The molecule has 5 N–H and O–H groups in total. The summed E-state index contributed by atoms with van der Waals surface area (Å²) in [6.45, 7) is 0.597. The van der Waals surface area contributed by atoms with E-state index in [0.29, 0.717) is 0 Å². The van der Waals surface area contributed by atoms with Gasteiger partial charge in [0, 0.05) is 0 Å². The Morgan fingerprint density at radius 3 is 2.27 bits per heavy atom. The Kier molecular flexibility index (Phi) is 4.20. The maximum absolute atomic E-state index is 10.5. The third-order valence-corrected chi connectivity index (χ3v) is 1.41. The molecule has 3 atom stereocenters. The second kappa shape index (κ2) is 4.40. The van der Waals surface area contributed by atoms with Gasteiger partial charge in [-0.25, -0.2) is 0 Å². The lowest BCUT2D eigenvalue weighted by molar-refractivity contribution is -0.127. The minimum absolute atomic E-state index is 0.523. The fourth-order valence-electron chi connectivity index (χ4n) is 0.603. The van der Waals surface area contributed by atoms with Crippen LogP contribution < -0.4 is 5.73 Å². The highest BCUT2D eigenvalue weighted by atomic mass is 16.3. The molecule has 11 heavy (non-hydrogen) atoms. The SMILES string of the molecule is CC(=O)[C@@H](O)[C@@H](N)[C@@H](O)CO. The van der Waals surface area contributed by atoms with Gasteiger partial charge in [0.2, 0.25) is 0 Å². The van der Waals surface area contributed by atoms with E-state index < -0.39 is 30.6 Å². The third kappa shape index (κ3) is 2.94. The van der Waals surface area contributed by atoms with Crippen molar-refractivity contribution >= 4 is 5.78 Å². The minimum Gasteiger partial charge on any atom is -0.394 e. The molecule has 0 heterocycles. The molecule has 0 radical (unpaired) electrons. The summed E-state index contributed by atoms with van der Waals surface area (Å²) < 4.78 is 0. The molecule has 0 spiro atoms. The molecular formula is C6H13NO4. The van der Waals surface area contributed by atoms with Crippen molar-refractivity contribution in [3.05, 3.63) is 0 Å². The molecule has 0 rings (SSSR count). The summed E-state index contributed by atoms with van der Waals surface area (Å²) in [5.41, 5.74) is 5.19. The molecule has 0 amide bonds. The van der Waals surface area contributed by atoms with Crippen LogP contribution in [-0.2, 0) is 4.79 Å². The van der Waals surface area contributed by atoms with E-state index in [1.165, 1.54) is 0 Å². The van der Waals surface area contributed by atoms with Crippen LogP contribution in [0.3, 0.4) is 0 Å². The zero-order valence-corrected chi connectivity index (χ0v) is 6.27.